The largest absolute Gasteiger partial charge is 0.379 e. The Morgan fingerprint density at radius 3 is 2.52 bits per heavy atom. The molecule has 0 bridgehead atoms. The standard InChI is InChI=1S/C16H13FN4/c17-13-4-3-8-19-16(13)11-21-12-6-9-20-15(10-12)14-5-1-2-7-18-14/h1-10H,11H2,(H,20,21). The van der Waals surface area contributed by atoms with Gasteiger partial charge in [-0.2, -0.15) is 0 Å². The fourth-order valence-corrected chi connectivity index (χ4v) is 1.93. The Bertz CT molecular complexity index is 731. The van der Waals surface area contributed by atoms with Crippen molar-refractivity contribution in [1.29, 1.82) is 0 Å². The lowest BCUT2D eigenvalue weighted by atomic mass is 10.2. The molecular weight excluding hydrogens is 267 g/mol. The van der Waals surface area contributed by atoms with Gasteiger partial charge in [-0.3, -0.25) is 15.0 Å². The molecule has 0 aliphatic heterocycles. The number of hydrogen-bond donors (Lipinski definition) is 1. The van der Waals surface area contributed by atoms with E-state index in [9.17, 15) is 4.39 Å². The van der Waals surface area contributed by atoms with Gasteiger partial charge in [-0.15, -0.1) is 0 Å². The lowest BCUT2D eigenvalue weighted by Crippen LogP contribution is -2.04. The summed E-state index contributed by atoms with van der Waals surface area (Å²) in [6.45, 7) is 0.318. The number of hydrogen-bond acceptors (Lipinski definition) is 4. The number of halogens is 1. The molecule has 104 valence electrons. The van der Waals surface area contributed by atoms with Crippen LogP contribution in [0.15, 0.2) is 61.1 Å². The van der Waals surface area contributed by atoms with Crippen LogP contribution < -0.4 is 5.32 Å². The first kappa shape index (κ1) is 13.2. The number of rotatable bonds is 4. The van der Waals surface area contributed by atoms with Gasteiger partial charge in [-0.1, -0.05) is 6.07 Å². The second kappa shape index (κ2) is 6.09. The first-order valence-electron chi connectivity index (χ1n) is 6.53. The summed E-state index contributed by atoms with van der Waals surface area (Å²) in [5.41, 5.74) is 2.79. The van der Waals surface area contributed by atoms with E-state index in [1.54, 1.807) is 24.7 Å². The van der Waals surface area contributed by atoms with E-state index in [0.717, 1.165) is 17.1 Å². The van der Waals surface area contributed by atoms with Crippen LogP contribution in [0.25, 0.3) is 11.4 Å². The molecule has 1 N–H and O–H groups in total. The second-order valence-electron chi connectivity index (χ2n) is 4.43. The highest BCUT2D eigenvalue weighted by Crippen LogP contribution is 2.18. The highest BCUT2D eigenvalue weighted by Gasteiger charge is 2.04. The van der Waals surface area contributed by atoms with E-state index in [4.69, 9.17) is 0 Å². The van der Waals surface area contributed by atoms with Gasteiger partial charge in [0.1, 0.15) is 5.82 Å². The Morgan fingerprint density at radius 2 is 1.71 bits per heavy atom. The number of aromatic nitrogens is 3. The van der Waals surface area contributed by atoms with Gasteiger partial charge >= 0.3 is 0 Å². The Labute approximate surface area is 121 Å². The zero-order valence-corrected chi connectivity index (χ0v) is 11.2. The highest BCUT2D eigenvalue weighted by atomic mass is 19.1. The molecule has 0 aromatic carbocycles. The van der Waals surface area contributed by atoms with Gasteiger partial charge in [0.05, 0.1) is 23.6 Å². The van der Waals surface area contributed by atoms with E-state index >= 15 is 0 Å². The van der Waals surface area contributed by atoms with Crippen LogP contribution in [-0.4, -0.2) is 15.0 Å². The van der Waals surface area contributed by atoms with Gasteiger partial charge in [-0.25, -0.2) is 4.39 Å². The molecule has 0 saturated heterocycles. The lowest BCUT2D eigenvalue weighted by molar-refractivity contribution is 0.602. The fourth-order valence-electron chi connectivity index (χ4n) is 1.93. The Kier molecular flexibility index (Phi) is 3.82. The zero-order valence-electron chi connectivity index (χ0n) is 11.2. The van der Waals surface area contributed by atoms with Gasteiger partial charge in [-0.05, 0) is 36.4 Å². The molecule has 3 rings (SSSR count). The molecule has 4 nitrogen and oxygen atoms in total. The van der Waals surface area contributed by atoms with Crippen molar-refractivity contribution >= 4 is 5.69 Å². The van der Waals surface area contributed by atoms with Crippen molar-refractivity contribution in [3.63, 3.8) is 0 Å². The maximum absolute atomic E-state index is 13.5. The van der Waals surface area contributed by atoms with Crippen LogP contribution in [-0.2, 0) is 6.54 Å². The molecular formula is C16H13FN4. The maximum atomic E-state index is 13.5. The Hall–Kier alpha value is -2.82. The smallest absolute Gasteiger partial charge is 0.146 e. The van der Waals surface area contributed by atoms with Crippen LogP contribution in [0.3, 0.4) is 0 Å². The molecule has 0 aliphatic rings. The van der Waals surface area contributed by atoms with Crippen LogP contribution in [0.1, 0.15) is 5.69 Å². The molecule has 5 heteroatoms. The van der Waals surface area contributed by atoms with Gasteiger partial charge < -0.3 is 5.32 Å². The summed E-state index contributed by atoms with van der Waals surface area (Å²) in [4.78, 5) is 12.6. The van der Waals surface area contributed by atoms with Crippen LogP contribution >= 0.6 is 0 Å². The first-order chi connectivity index (χ1) is 10.3. The van der Waals surface area contributed by atoms with Gasteiger partial charge in [0, 0.05) is 24.3 Å². The molecule has 3 aromatic rings. The van der Waals surface area contributed by atoms with Crippen LogP contribution in [0.2, 0.25) is 0 Å². The Balaban J connectivity index is 1.77. The van der Waals surface area contributed by atoms with Crippen molar-refractivity contribution in [1.82, 2.24) is 15.0 Å². The van der Waals surface area contributed by atoms with Crippen molar-refractivity contribution < 1.29 is 4.39 Å². The number of anilines is 1. The summed E-state index contributed by atoms with van der Waals surface area (Å²) >= 11 is 0. The first-order valence-corrected chi connectivity index (χ1v) is 6.53. The minimum atomic E-state index is -0.316. The van der Waals surface area contributed by atoms with Crippen molar-refractivity contribution in [2.75, 3.05) is 5.32 Å². The molecule has 3 heterocycles. The summed E-state index contributed by atoms with van der Waals surface area (Å²) in [5, 5.41) is 3.14. The normalized spacial score (nSPS) is 10.3. The van der Waals surface area contributed by atoms with E-state index in [1.807, 2.05) is 30.3 Å². The fraction of sp³-hybridized carbons (Fsp3) is 0.0625. The summed E-state index contributed by atoms with van der Waals surface area (Å²) in [6.07, 6.45) is 4.99. The number of nitrogens with zero attached hydrogens (tertiary/aromatic N) is 3. The third-order valence-electron chi connectivity index (χ3n) is 2.98. The van der Waals surface area contributed by atoms with Gasteiger partial charge in [0.25, 0.3) is 0 Å². The zero-order chi connectivity index (χ0) is 14.5. The minimum absolute atomic E-state index is 0.316. The molecule has 0 saturated carbocycles. The molecule has 0 unspecified atom stereocenters. The van der Waals surface area contributed by atoms with Crippen molar-refractivity contribution in [2.45, 2.75) is 6.54 Å². The molecule has 0 radical (unpaired) electrons. The number of pyridine rings is 3. The van der Waals surface area contributed by atoms with E-state index in [0.29, 0.717) is 12.2 Å². The summed E-state index contributed by atoms with van der Waals surface area (Å²) < 4.78 is 13.5. The summed E-state index contributed by atoms with van der Waals surface area (Å²) in [7, 11) is 0. The van der Waals surface area contributed by atoms with E-state index in [-0.39, 0.29) is 5.82 Å². The molecule has 0 fully saturated rings. The summed E-state index contributed by atoms with van der Waals surface area (Å²) in [5.74, 6) is -0.316. The van der Waals surface area contributed by atoms with Crippen LogP contribution in [0.5, 0.6) is 0 Å². The predicted molar refractivity (Wildman–Crippen MR) is 79.0 cm³/mol. The van der Waals surface area contributed by atoms with Crippen LogP contribution in [0.4, 0.5) is 10.1 Å². The molecule has 0 atom stereocenters. The number of nitrogens with one attached hydrogen (secondary N) is 1. The lowest BCUT2D eigenvalue weighted by Gasteiger charge is -2.08. The molecule has 21 heavy (non-hydrogen) atoms. The molecule has 0 spiro atoms. The maximum Gasteiger partial charge on any atom is 0.146 e. The molecule has 0 amide bonds. The van der Waals surface area contributed by atoms with E-state index in [1.165, 1.54) is 6.07 Å². The third-order valence-corrected chi connectivity index (χ3v) is 2.98. The molecule has 0 aliphatic carbocycles. The quantitative estimate of drug-likeness (QED) is 0.796. The van der Waals surface area contributed by atoms with E-state index < -0.39 is 0 Å². The monoisotopic (exact) mass is 280 g/mol. The molecule has 3 aromatic heterocycles. The summed E-state index contributed by atoms with van der Waals surface area (Å²) in [6, 6.07) is 12.3. The second-order valence-corrected chi connectivity index (χ2v) is 4.43. The van der Waals surface area contributed by atoms with E-state index in [2.05, 4.69) is 20.3 Å². The average Bonchev–Trinajstić information content (AvgIpc) is 2.55. The van der Waals surface area contributed by atoms with Gasteiger partial charge in [0.2, 0.25) is 0 Å². The predicted octanol–water partition coefficient (Wildman–Crippen LogP) is 3.29. The SMILES string of the molecule is Fc1cccnc1CNc1ccnc(-c2ccccn2)c1. The third kappa shape index (κ3) is 3.20. The Morgan fingerprint density at radius 1 is 0.857 bits per heavy atom. The van der Waals surface area contributed by atoms with Crippen molar-refractivity contribution in [2.24, 2.45) is 0 Å². The van der Waals surface area contributed by atoms with Crippen molar-refractivity contribution in [3.05, 3.63) is 72.6 Å². The van der Waals surface area contributed by atoms with Gasteiger partial charge in [0.15, 0.2) is 0 Å². The minimum Gasteiger partial charge on any atom is -0.379 e. The average molecular weight is 280 g/mol. The van der Waals surface area contributed by atoms with Crippen molar-refractivity contribution in [3.8, 4) is 11.4 Å². The van der Waals surface area contributed by atoms with Crippen LogP contribution in [0, 0.1) is 5.82 Å². The highest BCUT2D eigenvalue weighted by molar-refractivity contribution is 5.60. The topological polar surface area (TPSA) is 50.7 Å².